The van der Waals surface area contributed by atoms with E-state index in [1.165, 1.54) is 6.08 Å². The van der Waals surface area contributed by atoms with Gasteiger partial charge in [0.05, 0.1) is 0 Å². The summed E-state index contributed by atoms with van der Waals surface area (Å²) in [5.74, 6) is -0.303. The first-order valence-electron chi connectivity index (χ1n) is 1.85. The Morgan fingerprint density at radius 1 is 1.86 bits per heavy atom. The van der Waals surface area contributed by atoms with Crippen LogP contribution in [0.25, 0.3) is 0 Å². The molecule has 0 fully saturated rings. The smallest absolute Gasteiger partial charge is 0.184 e. The minimum atomic E-state index is -0.303. The molecule has 0 aliphatic heterocycles. The van der Waals surface area contributed by atoms with Crippen LogP contribution in [0.1, 0.15) is 0 Å². The van der Waals surface area contributed by atoms with Crippen molar-refractivity contribution >= 4 is 6.29 Å². The first-order valence-corrected chi connectivity index (χ1v) is 1.85. The summed E-state index contributed by atoms with van der Waals surface area (Å²) in [6, 6.07) is 0. The molecule has 0 heterocycles. The number of hydrogen-bond acceptors (Lipinski definition) is 3. The minimum absolute atomic E-state index is 0.199. The van der Waals surface area contributed by atoms with E-state index in [-0.39, 0.29) is 12.3 Å². The zero-order valence-electron chi connectivity index (χ0n) is 3.79. The Morgan fingerprint density at radius 3 is 2.57 bits per heavy atom. The fourth-order valence-electron chi connectivity index (χ4n) is 0.169. The van der Waals surface area contributed by atoms with Crippen LogP contribution in [0.4, 0.5) is 0 Å². The highest BCUT2D eigenvalue weighted by Crippen LogP contribution is 1.74. The Balaban J connectivity index is 3.49. The second-order valence-corrected chi connectivity index (χ2v) is 0.983. The maximum absolute atomic E-state index is 9.52. The molecule has 7 heavy (non-hydrogen) atoms. The van der Waals surface area contributed by atoms with E-state index in [1.54, 1.807) is 0 Å². The third kappa shape index (κ3) is 2.99. The molecule has 0 aliphatic carbocycles. The molecule has 0 rings (SSSR count). The van der Waals surface area contributed by atoms with Crippen LogP contribution in [-0.2, 0) is 4.79 Å². The number of carbonyl (C=O) groups excluding carboxylic acids is 1. The predicted molar refractivity (Wildman–Crippen MR) is 25.8 cm³/mol. The number of rotatable bonds is 2. The molecular formula is C4H7NO2. The van der Waals surface area contributed by atoms with Crippen molar-refractivity contribution in [2.75, 3.05) is 6.54 Å². The van der Waals surface area contributed by atoms with Crippen molar-refractivity contribution in [1.82, 2.24) is 0 Å². The number of aliphatic hydroxyl groups is 1. The van der Waals surface area contributed by atoms with Crippen LogP contribution in [0.2, 0.25) is 0 Å². The van der Waals surface area contributed by atoms with Crippen molar-refractivity contribution in [1.29, 1.82) is 0 Å². The molecule has 3 nitrogen and oxygen atoms in total. The van der Waals surface area contributed by atoms with Crippen LogP contribution in [0.15, 0.2) is 11.8 Å². The lowest BCUT2D eigenvalue weighted by Crippen LogP contribution is -1.95. The lowest BCUT2D eigenvalue weighted by Gasteiger charge is -1.79. The monoisotopic (exact) mass is 101 g/mol. The third-order valence-corrected chi connectivity index (χ3v) is 0.448. The van der Waals surface area contributed by atoms with Crippen LogP contribution in [0.5, 0.6) is 0 Å². The molecule has 0 radical (unpaired) electrons. The molecule has 0 bridgehead atoms. The fraction of sp³-hybridized carbons (Fsp3) is 0.250. The molecular weight excluding hydrogens is 94.0 g/mol. The highest BCUT2D eigenvalue weighted by Gasteiger charge is 1.80. The van der Waals surface area contributed by atoms with Crippen LogP contribution in [0.3, 0.4) is 0 Å². The van der Waals surface area contributed by atoms with Gasteiger partial charge in [0.15, 0.2) is 12.0 Å². The minimum Gasteiger partial charge on any atom is -0.505 e. The van der Waals surface area contributed by atoms with Gasteiger partial charge in [-0.1, -0.05) is 0 Å². The van der Waals surface area contributed by atoms with Crippen molar-refractivity contribution in [3.63, 3.8) is 0 Å². The van der Waals surface area contributed by atoms with Gasteiger partial charge in [0.25, 0.3) is 0 Å². The molecule has 0 spiro atoms. The quantitative estimate of drug-likeness (QED) is 0.282. The maximum Gasteiger partial charge on any atom is 0.184 e. The molecule has 0 aliphatic rings. The number of hydrogen-bond donors (Lipinski definition) is 2. The van der Waals surface area contributed by atoms with Gasteiger partial charge < -0.3 is 10.8 Å². The number of aliphatic hydroxyl groups excluding tert-OH is 1. The standard InChI is InChI=1S/C4H7NO2/c5-2-1-4(7)3-6/h1,3,7H,2,5H2/b4-1-. The maximum atomic E-state index is 9.52. The van der Waals surface area contributed by atoms with E-state index < -0.39 is 0 Å². The van der Waals surface area contributed by atoms with Gasteiger partial charge in [-0.2, -0.15) is 0 Å². The largest absolute Gasteiger partial charge is 0.505 e. The van der Waals surface area contributed by atoms with Gasteiger partial charge in [0.2, 0.25) is 0 Å². The summed E-state index contributed by atoms with van der Waals surface area (Å²) in [5.41, 5.74) is 4.91. The SMILES string of the molecule is NC/C=C(\O)C=O. The lowest BCUT2D eigenvalue weighted by molar-refractivity contribution is -0.107. The van der Waals surface area contributed by atoms with E-state index in [0.717, 1.165) is 0 Å². The number of allylic oxidation sites excluding steroid dienone is 1. The summed E-state index contributed by atoms with van der Waals surface area (Å²) in [6.45, 7) is 0.199. The summed E-state index contributed by atoms with van der Waals surface area (Å²) in [5, 5.41) is 8.27. The Hall–Kier alpha value is -0.830. The number of aldehydes is 1. The van der Waals surface area contributed by atoms with Crippen LogP contribution < -0.4 is 5.73 Å². The number of carbonyl (C=O) groups is 1. The lowest BCUT2D eigenvalue weighted by atomic mass is 10.5. The molecule has 0 saturated carbocycles. The Morgan fingerprint density at radius 2 is 2.43 bits per heavy atom. The van der Waals surface area contributed by atoms with E-state index in [9.17, 15) is 4.79 Å². The van der Waals surface area contributed by atoms with Crippen molar-refractivity contribution in [3.8, 4) is 0 Å². The second-order valence-electron chi connectivity index (χ2n) is 0.983. The molecule has 0 aromatic rings. The van der Waals surface area contributed by atoms with Crippen LogP contribution in [-0.4, -0.2) is 17.9 Å². The molecule has 0 amide bonds. The summed E-state index contributed by atoms with van der Waals surface area (Å²) in [4.78, 5) is 9.52. The van der Waals surface area contributed by atoms with Gasteiger partial charge >= 0.3 is 0 Å². The second kappa shape index (κ2) is 3.36. The van der Waals surface area contributed by atoms with Gasteiger partial charge in [-0.05, 0) is 6.08 Å². The molecule has 0 aromatic heterocycles. The molecule has 0 unspecified atom stereocenters. The van der Waals surface area contributed by atoms with E-state index >= 15 is 0 Å². The van der Waals surface area contributed by atoms with Crippen molar-refractivity contribution < 1.29 is 9.90 Å². The summed E-state index contributed by atoms with van der Waals surface area (Å²) >= 11 is 0. The highest BCUT2D eigenvalue weighted by atomic mass is 16.3. The zero-order chi connectivity index (χ0) is 5.70. The normalized spacial score (nSPS) is 11.3. The van der Waals surface area contributed by atoms with Crippen molar-refractivity contribution in [3.05, 3.63) is 11.8 Å². The molecule has 3 N–H and O–H groups in total. The summed E-state index contributed by atoms with van der Waals surface area (Å²) in [7, 11) is 0. The average Bonchev–Trinajstić information content (AvgIpc) is 1.68. The Bertz CT molecular complexity index is 87.7. The molecule has 40 valence electrons. The molecule has 0 saturated heterocycles. The van der Waals surface area contributed by atoms with Gasteiger partial charge in [0, 0.05) is 6.54 Å². The van der Waals surface area contributed by atoms with Gasteiger partial charge in [0.1, 0.15) is 0 Å². The summed E-state index contributed by atoms with van der Waals surface area (Å²) in [6.07, 6.45) is 1.57. The van der Waals surface area contributed by atoms with Crippen molar-refractivity contribution in [2.24, 2.45) is 5.73 Å². The first-order chi connectivity index (χ1) is 3.31. The van der Waals surface area contributed by atoms with Crippen LogP contribution in [0, 0.1) is 0 Å². The number of nitrogens with two attached hydrogens (primary N) is 1. The topological polar surface area (TPSA) is 63.3 Å². The molecule has 3 heteroatoms. The first kappa shape index (κ1) is 6.17. The van der Waals surface area contributed by atoms with Gasteiger partial charge in [-0.3, -0.25) is 4.79 Å². The Kier molecular flexibility index (Phi) is 2.96. The van der Waals surface area contributed by atoms with Gasteiger partial charge in [-0.25, -0.2) is 0 Å². The highest BCUT2D eigenvalue weighted by molar-refractivity contribution is 5.69. The zero-order valence-corrected chi connectivity index (χ0v) is 3.79. The average molecular weight is 101 g/mol. The van der Waals surface area contributed by atoms with Gasteiger partial charge in [-0.15, -0.1) is 0 Å². The van der Waals surface area contributed by atoms with Crippen LogP contribution >= 0.6 is 0 Å². The molecule has 0 atom stereocenters. The predicted octanol–water partition coefficient (Wildman–Crippen LogP) is -0.414. The van der Waals surface area contributed by atoms with E-state index in [2.05, 4.69) is 0 Å². The van der Waals surface area contributed by atoms with E-state index in [4.69, 9.17) is 10.8 Å². The third-order valence-electron chi connectivity index (χ3n) is 0.448. The van der Waals surface area contributed by atoms with E-state index in [1.807, 2.05) is 0 Å². The summed E-state index contributed by atoms with van der Waals surface area (Å²) < 4.78 is 0. The fourth-order valence-corrected chi connectivity index (χ4v) is 0.169. The Labute approximate surface area is 41.4 Å². The van der Waals surface area contributed by atoms with E-state index in [0.29, 0.717) is 6.29 Å². The molecule has 0 aromatic carbocycles. The van der Waals surface area contributed by atoms with Crippen molar-refractivity contribution in [2.45, 2.75) is 0 Å².